The fraction of sp³-hybridized carbons (Fsp3) is 0.343. The summed E-state index contributed by atoms with van der Waals surface area (Å²) in [4.78, 5) is 30.8. The molecule has 0 saturated carbocycles. The standard InChI is InChI=1S/C35H40N8O7S/c1-23-8-15-28(16-9-23)51(46,47)43-29(18-19-37-43)25-12-17-30(36-21-25)48-27-13-10-24(11-14-27)32-39-41-42(40-32)22-26(20-31(44)49-34(2,3)4)38-33(45)50-35(5,6)7/h8-19,21,26H,20,22H2,1-7H3,(H,38,45). The SMILES string of the molecule is Cc1ccc(S(=O)(=O)n2nccc2-c2ccc(Oc3ccc(-c4nnn(CC(CC(=O)OC(C)(C)C)NC(=O)OC(C)(C)C)n4)cc3)nc2)cc1. The van der Waals surface area contributed by atoms with Gasteiger partial charge in [-0.15, -0.1) is 10.2 Å². The van der Waals surface area contributed by atoms with Crippen molar-refractivity contribution in [1.29, 1.82) is 0 Å². The van der Waals surface area contributed by atoms with Crippen LogP contribution in [-0.2, 0) is 30.8 Å². The number of hydrogen-bond acceptors (Lipinski definition) is 12. The van der Waals surface area contributed by atoms with Gasteiger partial charge in [0.15, 0.2) is 0 Å². The molecule has 1 unspecified atom stereocenters. The predicted octanol–water partition coefficient (Wildman–Crippen LogP) is 5.56. The van der Waals surface area contributed by atoms with E-state index in [2.05, 4.69) is 30.8 Å². The number of tetrazole rings is 1. The number of alkyl carbamates (subject to hydrolysis) is 1. The van der Waals surface area contributed by atoms with E-state index in [0.717, 1.165) is 9.65 Å². The zero-order valence-electron chi connectivity index (χ0n) is 29.4. The fourth-order valence-electron chi connectivity index (χ4n) is 4.74. The van der Waals surface area contributed by atoms with Gasteiger partial charge < -0.3 is 19.5 Å². The Balaban J connectivity index is 1.24. The number of esters is 1. The quantitative estimate of drug-likeness (QED) is 0.168. The minimum Gasteiger partial charge on any atom is -0.460 e. The molecule has 0 radical (unpaired) electrons. The Morgan fingerprint density at radius 1 is 0.863 bits per heavy atom. The van der Waals surface area contributed by atoms with Gasteiger partial charge in [0.05, 0.1) is 35.8 Å². The molecule has 5 aromatic rings. The molecule has 0 aliphatic heterocycles. The van der Waals surface area contributed by atoms with E-state index in [9.17, 15) is 18.0 Å². The Morgan fingerprint density at radius 3 is 2.16 bits per heavy atom. The third-order valence-electron chi connectivity index (χ3n) is 6.91. The van der Waals surface area contributed by atoms with E-state index in [4.69, 9.17) is 14.2 Å². The minimum atomic E-state index is -3.91. The number of rotatable bonds is 11. The van der Waals surface area contributed by atoms with Crippen LogP contribution in [0.1, 0.15) is 53.5 Å². The Kier molecular flexibility index (Phi) is 10.5. The molecule has 268 valence electrons. The Morgan fingerprint density at radius 2 is 1.53 bits per heavy atom. The van der Waals surface area contributed by atoms with E-state index >= 15 is 0 Å². The van der Waals surface area contributed by atoms with Crippen LogP contribution in [-0.4, -0.2) is 72.1 Å². The number of ether oxygens (including phenoxy) is 3. The first-order valence-electron chi connectivity index (χ1n) is 16.1. The second kappa shape index (κ2) is 14.7. The van der Waals surface area contributed by atoms with E-state index in [-0.39, 0.29) is 23.7 Å². The summed E-state index contributed by atoms with van der Waals surface area (Å²) >= 11 is 0. The van der Waals surface area contributed by atoms with E-state index in [1.807, 2.05) is 6.92 Å². The molecule has 0 fully saturated rings. The lowest BCUT2D eigenvalue weighted by Gasteiger charge is -2.24. The number of nitrogens with one attached hydrogen (secondary N) is 1. The van der Waals surface area contributed by atoms with E-state index < -0.39 is 39.3 Å². The summed E-state index contributed by atoms with van der Waals surface area (Å²) in [5.41, 5.74) is 1.06. The lowest BCUT2D eigenvalue weighted by molar-refractivity contribution is -0.155. The second-order valence-corrected chi connectivity index (χ2v) is 15.5. The van der Waals surface area contributed by atoms with Gasteiger partial charge in [0.2, 0.25) is 11.7 Å². The molecule has 1 amide bonds. The van der Waals surface area contributed by atoms with Gasteiger partial charge >= 0.3 is 12.1 Å². The summed E-state index contributed by atoms with van der Waals surface area (Å²) in [6.45, 7) is 12.4. The van der Waals surface area contributed by atoms with Gasteiger partial charge in [0.25, 0.3) is 10.0 Å². The number of carbonyl (C=O) groups excluding carboxylic acids is 2. The number of amides is 1. The number of hydrogen-bond donors (Lipinski definition) is 1. The fourth-order valence-corrected chi connectivity index (χ4v) is 6.02. The summed E-state index contributed by atoms with van der Waals surface area (Å²) in [5.74, 6) is 0.588. The minimum absolute atomic E-state index is 0.0347. The van der Waals surface area contributed by atoms with Crippen molar-refractivity contribution in [3.8, 4) is 34.3 Å². The van der Waals surface area contributed by atoms with Crippen molar-refractivity contribution in [2.75, 3.05) is 0 Å². The maximum atomic E-state index is 13.3. The van der Waals surface area contributed by atoms with Crippen molar-refractivity contribution in [2.45, 2.75) is 83.6 Å². The number of carbonyl (C=O) groups is 2. The zero-order valence-corrected chi connectivity index (χ0v) is 30.2. The third kappa shape index (κ3) is 9.97. The van der Waals surface area contributed by atoms with E-state index in [1.165, 1.54) is 17.2 Å². The van der Waals surface area contributed by atoms with Gasteiger partial charge in [-0.3, -0.25) is 4.79 Å². The van der Waals surface area contributed by atoms with Crippen molar-refractivity contribution in [1.82, 2.24) is 39.7 Å². The molecule has 1 atom stereocenters. The molecular formula is C35H40N8O7S. The normalized spacial score (nSPS) is 12.6. The monoisotopic (exact) mass is 716 g/mol. The van der Waals surface area contributed by atoms with Crippen molar-refractivity contribution >= 4 is 22.1 Å². The van der Waals surface area contributed by atoms with Gasteiger partial charge in [-0.2, -0.15) is 22.4 Å². The molecule has 0 saturated heterocycles. The molecule has 0 aliphatic carbocycles. The van der Waals surface area contributed by atoms with Crippen LogP contribution >= 0.6 is 0 Å². The van der Waals surface area contributed by atoms with E-state index in [0.29, 0.717) is 28.4 Å². The summed E-state index contributed by atoms with van der Waals surface area (Å²) < 4.78 is 44.2. The highest BCUT2D eigenvalue weighted by molar-refractivity contribution is 7.90. The van der Waals surface area contributed by atoms with E-state index in [1.54, 1.807) is 108 Å². The maximum Gasteiger partial charge on any atom is 0.407 e. The number of aryl methyl sites for hydroxylation is 1. The first kappa shape index (κ1) is 36.6. The summed E-state index contributed by atoms with van der Waals surface area (Å²) in [7, 11) is -3.91. The Bertz CT molecular complexity index is 2050. The topological polar surface area (TPSA) is 182 Å². The molecule has 0 spiro atoms. The number of nitrogens with zero attached hydrogens (tertiary/aromatic N) is 7. The summed E-state index contributed by atoms with van der Waals surface area (Å²) in [6, 6.07) is 17.7. The summed E-state index contributed by atoms with van der Waals surface area (Å²) in [6.07, 6.45) is 2.11. The second-order valence-electron chi connectivity index (χ2n) is 13.7. The molecule has 3 aromatic heterocycles. The Labute approximate surface area is 296 Å². The van der Waals surface area contributed by atoms with Crippen molar-refractivity contribution in [3.05, 3.63) is 84.7 Å². The highest BCUT2D eigenvalue weighted by atomic mass is 32.2. The number of pyridine rings is 1. The van der Waals surface area contributed by atoms with Crippen LogP contribution in [0.2, 0.25) is 0 Å². The lowest BCUT2D eigenvalue weighted by Crippen LogP contribution is -2.43. The highest BCUT2D eigenvalue weighted by Gasteiger charge is 2.26. The van der Waals surface area contributed by atoms with Gasteiger partial charge in [-0.1, -0.05) is 17.7 Å². The predicted molar refractivity (Wildman–Crippen MR) is 186 cm³/mol. The molecule has 5 rings (SSSR count). The molecule has 3 heterocycles. The Hall–Kier alpha value is -5.64. The molecule has 2 aromatic carbocycles. The van der Waals surface area contributed by atoms with Crippen LogP contribution in [0.15, 0.2) is 84.0 Å². The van der Waals surface area contributed by atoms with Crippen molar-refractivity contribution in [2.24, 2.45) is 0 Å². The molecule has 15 nitrogen and oxygen atoms in total. The van der Waals surface area contributed by atoms with Crippen LogP contribution in [0.4, 0.5) is 4.79 Å². The molecule has 1 N–H and O–H groups in total. The first-order chi connectivity index (χ1) is 23.9. The van der Waals surface area contributed by atoms with Gasteiger partial charge in [0.1, 0.15) is 17.0 Å². The van der Waals surface area contributed by atoms with Crippen LogP contribution in [0.3, 0.4) is 0 Å². The van der Waals surface area contributed by atoms with Gasteiger partial charge in [-0.25, -0.2) is 9.78 Å². The number of aromatic nitrogens is 7. The van der Waals surface area contributed by atoms with Crippen LogP contribution < -0.4 is 10.1 Å². The highest BCUT2D eigenvalue weighted by Crippen LogP contribution is 2.27. The average molecular weight is 717 g/mol. The molecular weight excluding hydrogens is 677 g/mol. The molecule has 0 bridgehead atoms. The first-order valence-corrected chi connectivity index (χ1v) is 17.5. The molecule has 16 heteroatoms. The van der Waals surface area contributed by atoms with Crippen molar-refractivity contribution < 1.29 is 32.2 Å². The van der Waals surface area contributed by atoms with Crippen LogP contribution in [0.5, 0.6) is 11.6 Å². The molecule has 51 heavy (non-hydrogen) atoms. The average Bonchev–Trinajstić information content (AvgIpc) is 3.71. The summed E-state index contributed by atoms with van der Waals surface area (Å²) in [5, 5.41) is 19.4. The molecule has 0 aliphatic rings. The smallest absolute Gasteiger partial charge is 0.407 e. The third-order valence-corrected chi connectivity index (χ3v) is 8.53. The largest absolute Gasteiger partial charge is 0.460 e. The lowest BCUT2D eigenvalue weighted by atomic mass is 10.1. The van der Waals surface area contributed by atoms with Crippen LogP contribution in [0.25, 0.3) is 22.6 Å². The van der Waals surface area contributed by atoms with Gasteiger partial charge in [0, 0.05) is 23.4 Å². The maximum absolute atomic E-state index is 13.3. The van der Waals surface area contributed by atoms with Crippen molar-refractivity contribution in [3.63, 3.8) is 0 Å². The van der Waals surface area contributed by atoms with Gasteiger partial charge in [-0.05, 0) is 102 Å². The zero-order chi connectivity index (χ0) is 37.0. The number of benzene rings is 2. The van der Waals surface area contributed by atoms with Crippen LogP contribution in [0, 0.1) is 6.92 Å².